The third-order valence-electron chi connectivity index (χ3n) is 5.33. The van der Waals surface area contributed by atoms with Crippen molar-refractivity contribution in [1.82, 2.24) is 9.80 Å². The Bertz CT molecular complexity index is 998. The van der Waals surface area contributed by atoms with Gasteiger partial charge < -0.3 is 19.0 Å². The highest BCUT2D eigenvalue weighted by molar-refractivity contribution is 5.96. The average Bonchev–Trinajstić information content (AvgIpc) is 3.34. The van der Waals surface area contributed by atoms with Gasteiger partial charge in [-0.05, 0) is 54.3 Å². The molecule has 0 aliphatic carbocycles. The zero-order valence-corrected chi connectivity index (χ0v) is 19.6. The highest BCUT2D eigenvalue weighted by atomic mass is 16.5. The number of hydrogen-bond donors (Lipinski definition) is 0. The van der Waals surface area contributed by atoms with Crippen molar-refractivity contribution in [3.63, 3.8) is 0 Å². The zero-order chi connectivity index (χ0) is 23.6. The topological polar surface area (TPSA) is 63.0 Å². The lowest BCUT2D eigenvalue weighted by atomic mass is 10.1. The van der Waals surface area contributed by atoms with Gasteiger partial charge >= 0.3 is 0 Å². The van der Waals surface area contributed by atoms with E-state index in [0.717, 1.165) is 12.0 Å². The largest absolute Gasteiger partial charge is 0.497 e. The van der Waals surface area contributed by atoms with Gasteiger partial charge in [0.05, 0.1) is 19.9 Å². The van der Waals surface area contributed by atoms with Crippen molar-refractivity contribution in [3.05, 3.63) is 89.9 Å². The molecule has 6 heteroatoms. The number of rotatable bonds is 11. The SMILES string of the molecule is COc1ccc(C(=O)N(CC(=O)N(CCc2ccccc2)Cc2ccco2)CC(C)C)cc1. The zero-order valence-electron chi connectivity index (χ0n) is 19.6. The Morgan fingerprint density at radius 1 is 0.939 bits per heavy atom. The molecule has 0 bridgehead atoms. The first-order valence-corrected chi connectivity index (χ1v) is 11.2. The Morgan fingerprint density at radius 3 is 2.27 bits per heavy atom. The summed E-state index contributed by atoms with van der Waals surface area (Å²) in [5, 5.41) is 0. The molecule has 1 aromatic heterocycles. The summed E-state index contributed by atoms with van der Waals surface area (Å²) in [4.78, 5) is 30.0. The summed E-state index contributed by atoms with van der Waals surface area (Å²) in [5.74, 6) is 1.35. The molecule has 174 valence electrons. The summed E-state index contributed by atoms with van der Waals surface area (Å²) in [6.07, 6.45) is 2.33. The van der Waals surface area contributed by atoms with E-state index in [0.29, 0.717) is 36.7 Å². The second-order valence-electron chi connectivity index (χ2n) is 8.44. The minimum atomic E-state index is -0.166. The summed E-state index contributed by atoms with van der Waals surface area (Å²) in [7, 11) is 1.59. The first-order chi connectivity index (χ1) is 16.0. The Kier molecular flexibility index (Phi) is 8.70. The van der Waals surface area contributed by atoms with Crippen molar-refractivity contribution in [2.75, 3.05) is 26.7 Å². The van der Waals surface area contributed by atoms with Gasteiger partial charge in [-0.3, -0.25) is 9.59 Å². The first kappa shape index (κ1) is 24.1. The summed E-state index contributed by atoms with van der Waals surface area (Å²) in [6, 6.07) is 20.7. The Morgan fingerprint density at radius 2 is 1.67 bits per heavy atom. The highest BCUT2D eigenvalue weighted by Crippen LogP contribution is 2.15. The molecule has 2 amide bonds. The molecule has 0 spiro atoms. The lowest BCUT2D eigenvalue weighted by Crippen LogP contribution is -2.44. The summed E-state index contributed by atoms with van der Waals surface area (Å²) < 4.78 is 10.7. The lowest BCUT2D eigenvalue weighted by Gasteiger charge is -2.28. The van der Waals surface area contributed by atoms with E-state index in [1.807, 2.05) is 56.3 Å². The molecule has 0 saturated heterocycles. The quantitative estimate of drug-likeness (QED) is 0.428. The molecule has 3 aromatic rings. The number of furan rings is 1. The van der Waals surface area contributed by atoms with Crippen LogP contribution in [-0.4, -0.2) is 48.4 Å². The van der Waals surface area contributed by atoms with Crippen LogP contribution in [0.2, 0.25) is 0 Å². The van der Waals surface area contributed by atoms with Crippen LogP contribution in [0.1, 0.15) is 35.5 Å². The Labute approximate surface area is 195 Å². The van der Waals surface area contributed by atoms with Gasteiger partial charge in [0.1, 0.15) is 18.1 Å². The molecule has 0 radical (unpaired) electrons. The van der Waals surface area contributed by atoms with Crippen LogP contribution in [0, 0.1) is 5.92 Å². The molecule has 0 aliphatic heterocycles. The second kappa shape index (κ2) is 11.9. The number of methoxy groups -OCH3 is 1. The van der Waals surface area contributed by atoms with E-state index >= 15 is 0 Å². The molecule has 1 heterocycles. The average molecular weight is 449 g/mol. The van der Waals surface area contributed by atoms with Crippen molar-refractivity contribution in [2.24, 2.45) is 5.92 Å². The lowest BCUT2D eigenvalue weighted by molar-refractivity contribution is -0.132. The van der Waals surface area contributed by atoms with Gasteiger partial charge in [-0.1, -0.05) is 44.2 Å². The third kappa shape index (κ3) is 7.24. The van der Waals surface area contributed by atoms with Crippen LogP contribution in [0.5, 0.6) is 5.75 Å². The van der Waals surface area contributed by atoms with E-state index in [9.17, 15) is 9.59 Å². The molecule has 0 unspecified atom stereocenters. The molecule has 0 atom stereocenters. The monoisotopic (exact) mass is 448 g/mol. The fourth-order valence-electron chi connectivity index (χ4n) is 3.63. The summed E-state index contributed by atoms with van der Waals surface area (Å²) in [6.45, 7) is 5.48. The van der Waals surface area contributed by atoms with E-state index in [1.54, 1.807) is 47.4 Å². The Hall–Kier alpha value is -3.54. The van der Waals surface area contributed by atoms with E-state index in [1.165, 1.54) is 0 Å². The third-order valence-corrected chi connectivity index (χ3v) is 5.33. The standard InChI is InChI=1S/C27H32N2O4/c1-21(2)18-29(27(31)23-11-13-24(32-3)14-12-23)20-26(30)28(19-25-10-7-17-33-25)16-15-22-8-5-4-6-9-22/h4-14,17,21H,15-16,18-20H2,1-3H3. The molecular formula is C27H32N2O4. The van der Waals surface area contributed by atoms with Crippen molar-refractivity contribution in [2.45, 2.75) is 26.8 Å². The van der Waals surface area contributed by atoms with Gasteiger partial charge in [0, 0.05) is 18.7 Å². The molecule has 3 rings (SSSR count). The number of nitrogens with zero attached hydrogens (tertiary/aromatic N) is 2. The summed E-state index contributed by atoms with van der Waals surface area (Å²) >= 11 is 0. The highest BCUT2D eigenvalue weighted by Gasteiger charge is 2.24. The predicted octanol–water partition coefficient (Wildman–Crippen LogP) is 4.66. The minimum Gasteiger partial charge on any atom is -0.497 e. The van der Waals surface area contributed by atoms with Crippen LogP contribution in [0.15, 0.2) is 77.4 Å². The fraction of sp³-hybridized carbons (Fsp3) is 0.333. The van der Waals surface area contributed by atoms with Gasteiger partial charge in [0.15, 0.2) is 0 Å². The molecule has 2 aromatic carbocycles. The first-order valence-electron chi connectivity index (χ1n) is 11.2. The molecule has 33 heavy (non-hydrogen) atoms. The second-order valence-corrected chi connectivity index (χ2v) is 8.44. The summed E-state index contributed by atoms with van der Waals surface area (Å²) in [5.41, 5.74) is 1.69. The number of benzene rings is 2. The van der Waals surface area contributed by atoms with Crippen LogP contribution in [0.4, 0.5) is 0 Å². The molecule has 6 nitrogen and oxygen atoms in total. The van der Waals surface area contributed by atoms with E-state index in [-0.39, 0.29) is 24.3 Å². The van der Waals surface area contributed by atoms with Crippen molar-refractivity contribution in [3.8, 4) is 5.75 Å². The van der Waals surface area contributed by atoms with Crippen LogP contribution < -0.4 is 4.74 Å². The van der Waals surface area contributed by atoms with Crippen molar-refractivity contribution < 1.29 is 18.7 Å². The van der Waals surface area contributed by atoms with Crippen molar-refractivity contribution >= 4 is 11.8 Å². The van der Waals surface area contributed by atoms with Gasteiger partial charge in [-0.2, -0.15) is 0 Å². The molecule has 0 aliphatic rings. The van der Waals surface area contributed by atoms with Gasteiger partial charge in [-0.25, -0.2) is 0 Å². The number of carbonyl (C=O) groups excluding carboxylic acids is 2. The van der Waals surface area contributed by atoms with E-state index < -0.39 is 0 Å². The van der Waals surface area contributed by atoms with Crippen LogP contribution in [0.3, 0.4) is 0 Å². The number of hydrogen-bond acceptors (Lipinski definition) is 4. The maximum absolute atomic E-state index is 13.4. The maximum Gasteiger partial charge on any atom is 0.254 e. The molecule has 0 saturated carbocycles. The fourth-order valence-corrected chi connectivity index (χ4v) is 3.63. The van der Waals surface area contributed by atoms with E-state index in [2.05, 4.69) is 0 Å². The van der Waals surface area contributed by atoms with Gasteiger partial charge in [0.25, 0.3) is 5.91 Å². The van der Waals surface area contributed by atoms with Crippen LogP contribution in [0.25, 0.3) is 0 Å². The predicted molar refractivity (Wildman–Crippen MR) is 128 cm³/mol. The van der Waals surface area contributed by atoms with Crippen molar-refractivity contribution in [1.29, 1.82) is 0 Å². The normalized spacial score (nSPS) is 10.8. The number of ether oxygens (including phenoxy) is 1. The van der Waals surface area contributed by atoms with Crippen LogP contribution in [-0.2, 0) is 17.8 Å². The smallest absolute Gasteiger partial charge is 0.254 e. The van der Waals surface area contributed by atoms with Gasteiger partial charge in [-0.15, -0.1) is 0 Å². The molecule has 0 N–H and O–H groups in total. The molecule has 0 fully saturated rings. The maximum atomic E-state index is 13.4. The Balaban J connectivity index is 1.75. The molecular weight excluding hydrogens is 416 g/mol. The van der Waals surface area contributed by atoms with Crippen LogP contribution >= 0.6 is 0 Å². The van der Waals surface area contributed by atoms with E-state index in [4.69, 9.17) is 9.15 Å². The number of amides is 2. The minimum absolute atomic E-state index is 0.0124. The number of carbonyl (C=O) groups is 2. The van der Waals surface area contributed by atoms with Gasteiger partial charge in [0.2, 0.25) is 5.91 Å².